The van der Waals surface area contributed by atoms with Crippen LogP contribution >= 0.6 is 0 Å². The number of carbonyl (C=O) groups excluding carboxylic acids is 2. The summed E-state index contributed by atoms with van der Waals surface area (Å²) in [6.07, 6.45) is 0.476. The summed E-state index contributed by atoms with van der Waals surface area (Å²) >= 11 is 0. The van der Waals surface area contributed by atoms with Crippen LogP contribution in [0.25, 0.3) is 0 Å². The lowest BCUT2D eigenvalue weighted by molar-refractivity contribution is -0.121. The molecule has 0 heterocycles. The van der Waals surface area contributed by atoms with Crippen LogP contribution in [0.4, 0.5) is 0 Å². The Morgan fingerprint density at radius 1 is 1.16 bits per heavy atom. The van der Waals surface area contributed by atoms with E-state index in [2.05, 4.69) is 16.0 Å². The molecule has 19 heavy (non-hydrogen) atoms. The monoisotopic (exact) mass is 263 g/mol. The van der Waals surface area contributed by atoms with Gasteiger partial charge >= 0.3 is 0 Å². The van der Waals surface area contributed by atoms with Gasteiger partial charge in [-0.15, -0.1) is 0 Å². The van der Waals surface area contributed by atoms with E-state index in [-0.39, 0.29) is 11.8 Å². The second-order valence-corrected chi connectivity index (χ2v) is 4.16. The Bertz CT molecular complexity index is 415. The Morgan fingerprint density at radius 3 is 2.42 bits per heavy atom. The van der Waals surface area contributed by atoms with Crippen molar-refractivity contribution >= 4 is 11.8 Å². The van der Waals surface area contributed by atoms with Crippen LogP contribution in [0.1, 0.15) is 29.3 Å². The van der Waals surface area contributed by atoms with Crippen LogP contribution in [0.3, 0.4) is 0 Å². The minimum atomic E-state index is -0.110. The van der Waals surface area contributed by atoms with E-state index in [0.29, 0.717) is 25.1 Å². The maximum absolute atomic E-state index is 11.5. The van der Waals surface area contributed by atoms with E-state index in [1.54, 1.807) is 19.2 Å². The zero-order chi connectivity index (χ0) is 14.1. The van der Waals surface area contributed by atoms with Gasteiger partial charge in [-0.3, -0.25) is 9.59 Å². The molecule has 3 N–H and O–H groups in total. The van der Waals surface area contributed by atoms with Gasteiger partial charge in [-0.1, -0.05) is 19.1 Å². The third-order valence-corrected chi connectivity index (χ3v) is 2.71. The first-order valence-electron chi connectivity index (χ1n) is 6.45. The molecule has 0 aliphatic heterocycles. The normalized spacial score (nSPS) is 10.0. The Labute approximate surface area is 113 Å². The summed E-state index contributed by atoms with van der Waals surface area (Å²) in [6.45, 7) is 4.05. The lowest BCUT2D eigenvalue weighted by atomic mass is 10.1. The van der Waals surface area contributed by atoms with Crippen molar-refractivity contribution in [2.24, 2.45) is 0 Å². The standard InChI is InChI=1S/C14H21N3O2/c1-3-16-9-8-13(18)17-10-11-4-6-12(7-5-11)14(19)15-2/h4-7,16H,3,8-10H2,1-2H3,(H,15,19)(H,17,18). The second kappa shape index (κ2) is 8.26. The molecule has 0 atom stereocenters. The molecule has 0 fully saturated rings. The van der Waals surface area contributed by atoms with Crippen molar-refractivity contribution in [3.8, 4) is 0 Å². The van der Waals surface area contributed by atoms with Gasteiger partial charge in [-0.05, 0) is 24.2 Å². The molecule has 0 radical (unpaired) electrons. The topological polar surface area (TPSA) is 70.2 Å². The summed E-state index contributed by atoms with van der Waals surface area (Å²) in [5.74, 6) is -0.0856. The van der Waals surface area contributed by atoms with Gasteiger partial charge < -0.3 is 16.0 Å². The van der Waals surface area contributed by atoms with Crippen molar-refractivity contribution in [3.63, 3.8) is 0 Å². The van der Waals surface area contributed by atoms with E-state index >= 15 is 0 Å². The van der Waals surface area contributed by atoms with Gasteiger partial charge in [0.25, 0.3) is 5.91 Å². The smallest absolute Gasteiger partial charge is 0.251 e. The van der Waals surface area contributed by atoms with Gasteiger partial charge in [0.2, 0.25) is 5.91 Å². The van der Waals surface area contributed by atoms with Gasteiger partial charge in [-0.25, -0.2) is 0 Å². The van der Waals surface area contributed by atoms with Gasteiger partial charge in [0.15, 0.2) is 0 Å². The number of hydrogen-bond acceptors (Lipinski definition) is 3. The molecule has 0 saturated carbocycles. The molecule has 104 valence electrons. The van der Waals surface area contributed by atoms with Gasteiger partial charge in [-0.2, -0.15) is 0 Å². The summed E-state index contributed by atoms with van der Waals surface area (Å²) in [5, 5.41) is 8.50. The number of hydrogen-bond donors (Lipinski definition) is 3. The third-order valence-electron chi connectivity index (χ3n) is 2.71. The molecule has 0 unspecified atom stereocenters. The van der Waals surface area contributed by atoms with Crippen molar-refractivity contribution in [1.82, 2.24) is 16.0 Å². The quantitative estimate of drug-likeness (QED) is 0.633. The van der Waals surface area contributed by atoms with Gasteiger partial charge in [0.05, 0.1) is 0 Å². The van der Waals surface area contributed by atoms with Gasteiger partial charge in [0.1, 0.15) is 0 Å². The summed E-state index contributed by atoms with van der Waals surface area (Å²) in [5.41, 5.74) is 1.59. The zero-order valence-corrected chi connectivity index (χ0v) is 11.5. The molecule has 0 aliphatic rings. The highest BCUT2D eigenvalue weighted by Crippen LogP contribution is 2.04. The Kier molecular flexibility index (Phi) is 6.60. The average Bonchev–Trinajstić information content (AvgIpc) is 2.45. The third kappa shape index (κ3) is 5.52. The summed E-state index contributed by atoms with van der Waals surface area (Å²) in [4.78, 5) is 22.8. The van der Waals surface area contributed by atoms with E-state index in [4.69, 9.17) is 0 Å². The molecule has 1 rings (SSSR count). The predicted octanol–water partition coefficient (Wildman–Crippen LogP) is 0.662. The Hall–Kier alpha value is -1.88. The average molecular weight is 263 g/mol. The fourth-order valence-corrected chi connectivity index (χ4v) is 1.59. The van der Waals surface area contributed by atoms with Crippen molar-refractivity contribution in [3.05, 3.63) is 35.4 Å². The molecule has 0 aliphatic carbocycles. The van der Waals surface area contributed by atoms with Crippen LogP contribution in [0, 0.1) is 0 Å². The first kappa shape index (κ1) is 15.2. The van der Waals surface area contributed by atoms with Crippen LogP contribution in [0.15, 0.2) is 24.3 Å². The van der Waals surface area contributed by atoms with Crippen molar-refractivity contribution in [2.45, 2.75) is 19.9 Å². The highest BCUT2D eigenvalue weighted by Gasteiger charge is 2.03. The number of amides is 2. The maximum Gasteiger partial charge on any atom is 0.251 e. The van der Waals surface area contributed by atoms with Crippen LogP contribution in [-0.2, 0) is 11.3 Å². The van der Waals surface area contributed by atoms with E-state index in [1.807, 2.05) is 19.1 Å². The van der Waals surface area contributed by atoms with Crippen molar-refractivity contribution in [2.75, 3.05) is 20.1 Å². The lowest BCUT2D eigenvalue weighted by Gasteiger charge is -2.06. The first-order chi connectivity index (χ1) is 9.17. The van der Waals surface area contributed by atoms with E-state index in [9.17, 15) is 9.59 Å². The minimum Gasteiger partial charge on any atom is -0.355 e. The number of nitrogens with one attached hydrogen (secondary N) is 3. The van der Waals surface area contributed by atoms with E-state index in [0.717, 1.165) is 12.1 Å². The molecule has 0 bridgehead atoms. The fraction of sp³-hybridized carbons (Fsp3) is 0.429. The van der Waals surface area contributed by atoms with Crippen LogP contribution in [0.5, 0.6) is 0 Å². The molecule has 5 nitrogen and oxygen atoms in total. The Balaban J connectivity index is 2.37. The predicted molar refractivity (Wildman–Crippen MR) is 74.8 cm³/mol. The van der Waals surface area contributed by atoms with Gasteiger partial charge in [0, 0.05) is 32.1 Å². The highest BCUT2D eigenvalue weighted by atomic mass is 16.2. The van der Waals surface area contributed by atoms with Crippen LogP contribution in [-0.4, -0.2) is 32.0 Å². The summed E-state index contributed by atoms with van der Waals surface area (Å²) in [7, 11) is 1.60. The molecule has 0 spiro atoms. The van der Waals surface area contributed by atoms with Crippen molar-refractivity contribution < 1.29 is 9.59 Å². The van der Waals surface area contributed by atoms with Crippen LogP contribution in [0.2, 0.25) is 0 Å². The molecule has 1 aromatic carbocycles. The second-order valence-electron chi connectivity index (χ2n) is 4.16. The zero-order valence-electron chi connectivity index (χ0n) is 11.5. The maximum atomic E-state index is 11.5. The largest absolute Gasteiger partial charge is 0.355 e. The highest BCUT2D eigenvalue weighted by molar-refractivity contribution is 5.93. The molecule has 0 aromatic heterocycles. The number of rotatable bonds is 7. The first-order valence-corrected chi connectivity index (χ1v) is 6.45. The van der Waals surface area contributed by atoms with Crippen molar-refractivity contribution in [1.29, 1.82) is 0 Å². The van der Waals surface area contributed by atoms with Crippen LogP contribution < -0.4 is 16.0 Å². The number of carbonyl (C=O) groups is 2. The molecular weight excluding hydrogens is 242 g/mol. The molecule has 2 amide bonds. The molecule has 0 saturated heterocycles. The van der Waals surface area contributed by atoms with E-state index < -0.39 is 0 Å². The number of benzene rings is 1. The SMILES string of the molecule is CCNCCC(=O)NCc1ccc(C(=O)NC)cc1. The summed E-state index contributed by atoms with van der Waals surface area (Å²) in [6, 6.07) is 7.18. The summed E-state index contributed by atoms with van der Waals surface area (Å²) < 4.78 is 0. The lowest BCUT2D eigenvalue weighted by Crippen LogP contribution is -2.27. The minimum absolute atomic E-state index is 0.0244. The molecule has 1 aromatic rings. The Morgan fingerprint density at radius 2 is 1.84 bits per heavy atom. The van der Waals surface area contributed by atoms with E-state index in [1.165, 1.54) is 0 Å². The molecular formula is C14H21N3O2. The molecule has 5 heteroatoms. The fourth-order valence-electron chi connectivity index (χ4n) is 1.59.